The summed E-state index contributed by atoms with van der Waals surface area (Å²) >= 11 is 0. The largest absolute Gasteiger partial charge is 0.374 e. The van der Waals surface area contributed by atoms with E-state index in [1.54, 1.807) is 0 Å². The van der Waals surface area contributed by atoms with E-state index in [0.717, 1.165) is 32.4 Å². The van der Waals surface area contributed by atoms with Gasteiger partial charge in [-0.15, -0.1) is 0 Å². The van der Waals surface area contributed by atoms with Gasteiger partial charge in [0, 0.05) is 18.6 Å². The van der Waals surface area contributed by atoms with Crippen LogP contribution < -0.4 is 5.32 Å². The molecule has 1 N–H and O–H groups in total. The lowest BCUT2D eigenvalue weighted by atomic mass is 9.74. The number of rotatable bonds is 5. The van der Waals surface area contributed by atoms with Crippen molar-refractivity contribution in [2.45, 2.75) is 90.1 Å². The van der Waals surface area contributed by atoms with Crippen molar-refractivity contribution in [1.29, 1.82) is 0 Å². The third kappa shape index (κ3) is 3.20. The standard InChI is InChI=1S/C17H33NO2/c1-7-10-18-14(17(6)9-8-11-19-17)13-12-15(2,3)20-16(13,4)5/h13-14,18H,7-12H2,1-6H3. The zero-order chi connectivity index (χ0) is 15.0. The van der Waals surface area contributed by atoms with Crippen molar-refractivity contribution in [3.63, 3.8) is 0 Å². The molecule has 3 heteroatoms. The molecule has 0 aromatic heterocycles. The monoisotopic (exact) mass is 283 g/mol. The number of hydrogen-bond acceptors (Lipinski definition) is 3. The van der Waals surface area contributed by atoms with Crippen LogP contribution in [-0.2, 0) is 9.47 Å². The topological polar surface area (TPSA) is 30.5 Å². The first-order valence-electron chi connectivity index (χ1n) is 8.28. The molecule has 0 aromatic rings. The summed E-state index contributed by atoms with van der Waals surface area (Å²) in [5.74, 6) is 0.493. The summed E-state index contributed by atoms with van der Waals surface area (Å²) in [6.45, 7) is 15.4. The van der Waals surface area contributed by atoms with E-state index >= 15 is 0 Å². The van der Waals surface area contributed by atoms with Gasteiger partial charge >= 0.3 is 0 Å². The van der Waals surface area contributed by atoms with Crippen molar-refractivity contribution in [3.05, 3.63) is 0 Å². The molecule has 2 saturated heterocycles. The average Bonchev–Trinajstić information content (AvgIpc) is 2.82. The highest BCUT2D eigenvalue weighted by Crippen LogP contribution is 2.47. The van der Waals surface area contributed by atoms with Gasteiger partial charge in [0.1, 0.15) is 0 Å². The lowest BCUT2D eigenvalue weighted by Gasteiger charge is -2.42. The highest BCUT2D eigenvalue weighted by atomic mass is 16.5. The zero-order valence-corrected chi connectivity index (χ0v) is 14.2. The third-order valence-electron chi connectivity index (χ3n) is 5.07. The molecule has 0 aliphatic carbocycles. The van der Waals surface area contributed by atoms with Crippen molar-refractivity contribution in [3.8, 4) is 0 Å². The lowest BCUT2D eigenvalue weighted by Crippen LogP contribution is -2.56. The lowest BCUT2D eigenvalue weighted by molar-refractivity contribution is -0.0950. The van der Waals surface area contributed by atoms with E-state index in [4.69, 9.17) is 9.47 Å². The molecule has 2 fully saturated rings. The van der Waals surface area contributed by atoms with Crippen LogP contribution in [-0.4, -0.2) is 36.0 Å². The first-order valence-corrected chi connectivity index (χ1v) is 8.28. The van der Waals surface area contributed by atoms with Crippen LogP contribution in [0.25, 0.3) is 0 Å². The van der Waals surface area contributed by atoms with Crippen LogP contribution in [0.4, 0.5) is 0 Å². The minimum atomic E-state index is -0.0934. The van der Waals surface area contributed by atoms with E-state index in [2.05, 4.69) is 46.9 Å². The summed E-state index contributed by atoms with van der Waals surface area (Å²) < 4.78 is 12.5. The Morgan fingerprint density at radius 2 is 1.90 bits per heavy atom. The van der Waals surface area contributed by atoms with E-state index in [-0.39, 0.29) is 16.8 Å². The van der Waals surface area contributed by atoms with Crippen LogP contribution in [0.2, 0.25) is 0 Å². The van der Waals surface area contributed by atoms with Gasteiger partial charge in [0.25, 0.3) is 0 Å². The summed E-state index contributed by atoms with van der Waals surface area (Å²) in [6.07, 6.45) is 4.59. The molecule has 0 spiro atoms. The van der Waals surface area contributed by atoms with Crippen LogP contribution in [0.5, 0.6) is 0 Å². The quantitative estimate of drug-likeness (QED) is 0.837. The maximum absolute atomic E-state index is 6.32. The molecular weight excluding hydrogens is 250 g/mol. The van der Waals surface area contributed by atoms with E-state index < -0.39 is 0 Å². The third-order valence-corrected chi connectivity index (χ3v) is 5.07. The zero-order valence-electron chi connectivity index (χ0n) is 14.2. The molecule has 0 amide bonds. The summed E-state index contributed by atoms with van der Waals surface area (Å²) in [7, 11) is 0. The molecular formula is C17H33NO2. The Bertz CT molecular complexity index is 332. The molecule has 0 saturated carbocycles. The van der Waals surface area contributed by atoms with Gasteiger partial charge in [-0.25, -0.2) is 0 Å². The van der Waals surface area contributed by atoms with Crippen molar-refractivity contribution < 1.29 is 9.47 Å². The smallest absolute Gasteiger partial charge is 0.0811 e. The Balaban J connectivity index is 2.22. The van der Waals surface area contributed by atoms with Gasteiger partial charge in [-0.3, -0.25) is 0 Å². The first-order chi connectivity index (χ1) is 9.20. The average molecular weight is 283 g/mol. The number of nitrogens with one attached hydrogen (secondary N) is 1. The normalized spacial score (nSPS) is 37.2. The van der Waals surface area contributed by atoms with E-state index in [1.807, 2.05) is 0 Å². The van der Waals surface area contributed by atoms with Crippen LogP contribution in [0.1, 0.15) is 67.2 Å². The van der Waals surface area contributed by atoms with Gasteiger partial charge in [0.15, 0.2) is 0 Å². The van der Waals surface area contributed by atoms with Crippen molar-refractivity contribution in [2.75, 3.05) is 13.2 Å². The summed E-state index contributed by atoms with van der Waals surface area (Å²) in [5, 5.41) is 3.78. The Kier molecular flexibility index (Phi) is 4.54. The molecule has 2 heterocycles. The first kappa shape index (κ1) is 16.3. The maximum Gasteiger partial charge on any atom is 0.0811 e. The summed E-state index contributed by atoms with van der Waals surface area (Å²) in [5.41, 5.74) is -0.167. The fourth-order valence-corrected chi connectivity index (χ4v) is 4.25. The summed E-state index contributed by atoms with van der Waals surface area (Å²) in [4.78, 5) is 0. The molecule has 20 heavy (non-hydrogen) atoms. The highest BCUT2D eigenvalue weighted by molar-refractivity contribution is 5.06. The Morgan fingerprint density at radius 3 is 2.35 bits per heavy atom. The van der Waals surface area contributed by atoms with Gasteiger partial charge in [-0.2, -0.15) is 0 Å². The molecule has 3 atom stereocenters. The van der Waals surface area contributed by atoms with E-state index in [0.29, 0.717) is 12.0 Å². The predicted molar refractivity (Wildman–Crippen MR) is 83.0 cm³/mol. The number of hydrogen-bond donors (Lipinski definition) is 1. The maximum atomic E-state index is 6.32. The second-order valence-electron chi connectivity index (χ2n) is 7.97. The Morgan fingerprint density at radius 1 is 1.20 bits per heavy atom. The van der Waals surface area contributed by atoms with Gasteiger partial charge in [-0.1, -0.05) is 6.92 Å². The Labute approximate surface area is 124 Å². The molecule has 2 aliphatic rings. The van der Waals surface area contributed by atoms with Gasteiger partial charge in [0.05, 0.1) is 16.8 Å². The highest BCUT2D eigenvalue weighted by Gasteiger charge is 2.54. The van der Waals surface area contributed by atoms with Crippen LogP contribution in [0.15, 0.2) is 0 Å². The minimum absolute atomic E-state index is 0.0325. The molecule has 0 aromatic carbocycles. The molecule has 2 aliphatic heterocycles. The van der Waals surface area contributed by atoms with Gasteiger partial charge in [0.2, 0.25) is 0 Å². The minimum Gasteiger partial charge on any atom is -0.374 e. The molecule has 0 radical (unpaired) electrons. The molecule has 2 rings (SSSR count). The van der Waals surface area contributed by atoms with Crippen molar-refractivity contribution >= 4 is 0 Å². The Hall–Kier alpha value is -0.120. The van der Waals surface area contributed by atoms with Gasteiger partial charge < -0.3 is 14.8 Å². The molecule has 0 bridgehead atoms. The predicted octanol–water partition coefficient (Wildman–Crippen LogP) is 3.52. The van der Waals surface area contributed by atoms with Crippen LogP contribution in [0, 0.1) is 5.92 Å². The molecule has 3 unspecified atom stereocenters. The van der Waals surface area contributed by atoms with Crippen LogP contribution in [0.3, 0.4) is 0 Å². The van der Waals surface area contributed by atoms with Gasteiger partial charge in [-0.05, 0) is 66.8 Å². The number of ether oxygens (including phenoxy) is 2. The SMILES string of the molecule is CCCNC(C1CC(C)(C)OC1(C)C)C1(C)CCCO1. The molecule has 118 valence electrons. The second kappa shape index (κ2) is 5.58. The van der Waals surface area contributed by atoms with Crippen LogP contribution >= 0.6 is 0 Å². The van der Waals surface area contributed by atoms with E-state index in [1.165, 1.54) is 6.42 Å². The fourth-order valence-electron chi connectivity index (χ4n) is 4.25. The van der Waals surface area contributed by atoms with Crippen molar-refractivity contribution in [1.82, 2.24) is 5.32 Å². The second-order valence-corrected chi connectivity index (χ2v) is 7.97. The van der Waals surface area contributed by atoms with Crippen molar-refractivity contribution in [2.24, 2.45) is 5.92 Å². The fraction of sp³-hybridized carbons (Fsp3) is 1.00. The summed E-state index contributed by atoms with van der Waals surface area (Å²) in [6, 6.07) is 0.377. The molecule has 3 nitrogen and oxygen atoms in total. The van der Waals surface area contributed by atoms with E-state index in [9.17, 15) is 0 Å².